The smallest absolute Gasteiger partial charge is 0.178 e. The summed E-state index contributed by atoms with van der Waals surface area (Å²) in [5.74, 6) is 1.55. The molecule has 3 aliphatic rings. The van der Waals surface area contributed by atoms with Gasteiger partial charge in [0.2, 0.25) is 0 Å². The lowest BCUT2D eigenvalue weighted by Crippen LogP contribution is -2.46. The Hall–Kier alpha value is -2.11. The van der Waals surface area contributed by atoms with E-state index in [0.717, 1.165) is 61.2 Å². The van der Waals surface area contributed by atoms with E-state index in [0.29, 0.717) is 10.8 Å². The fourth-order valence-corrected chi connectivity index (χ4v) is 5.93. The number of benzene rings is 2. The lowest BCUT2D eigenvalue weighted by molar-refractivity contribution is 0.0817. The Bertz CT molecular complexity index is 1010. The molecule has 2 aliphatic heterocycles. The number of piperidine rings is 1. The van der Waals surface area contributed by atoms with Crippen LogP contribution in [0.5, 0.6) is 5.75 Å². The lowest BCUT2D eigenvalue weighted by Gasteiger charge is -2.40. The molecule has 5 rings (SSSR count). The Labute approximate surface area is 166 Å². The fraction of sp³-hybridized carbons (Fsp3) is 0.391. The minimum atomic E-state index is -3.18. The first-order valence-corrected chi connectivity index (χ1v) is 11.8. The SMILES string of the molecule is O=S(=O)(CC1CC1)c1ccc(C2=CC3(CCNCC3)Oc3ccccc32)cc1. The van der Waals surface area contributed by atoms with Crippen molar-refractivity contribution in [1.82, 2.24) is 5.32 Å². The number of para-hydroxylation sites is 1. The number of hydrogen-bond donors (Lipinski definition) is 1. The Morgan fingerprint density at radius 1 is 1.00 bits per heavy atom. The molecule has 28 heavy (non-hydrogen) atoms. The van der Waals surface area contributed by atoms with Crippen molar-refractivity contribution < 1.29 is 13.2 Å². The summed E-state index contributed by atoms with van der Waals surface area (Å²) in [5, 5.41) is 3.40. The maximum atomic E-state index is 12.6. The average molecular weight is 396 g/mol. The highest BCUT2D eigenvalue weighted by Gasteiger charge is 2.37. The molecule has 2 heterocycles. The molecule has 146 valence electrons. The highest BCUT2D eigenvalue weighted by Crippen LogP contribution is 2.42. The molecule has 1 spiro atoms. The summed E-state index contributed by atoms with van der Waals surface area (Å²) in [4.78, 5) is 0.431. The number of nitrogens with one attached hydrogen (secondary N) is 1. The Morgan fingerprint density at radius 3 is 2.43 bits per heavy atom. The van der Waals surface area contributed by atoms with Crippen molar-refractivity contribution in [3.63, 3.8) is 0 Å². The third kappa shape index (κ3) is 3.38. The van der Waals surface area contributed by atoms with Gasteiger partial charge in [-0.25, -0.2) is 8.42 Å². The molecule has 2 fully saturated rings. The van der Waals surface area contributed by atoms with Gasteiger partial charge >= 0.3 is 0 Å². The van der Waals surface area contributed by atoms with Crippen molar-refractivity contribution in [1.29, 1.82) is 0 Å². The summed E-state index contributed by atoms with van der Waals surface area (Å²) in [6.45, 7) is 1.87. The van der Waals surface area contributed by atoms with E-state index in [4.69, 9.17) is 4.74 Å². The summed E-state index contributed by atoms with van der Waals surface area (Å²) in [6.07, 6.45) is 6.19. The molecule has 2 aromatic rings. The van der Waals surface area contributed by atoms with Crippen LogP contribution in [0.25, 0.3) is 5.57 Å². The van der Waals surface area contributed by atoms with Gasteiger partial charge in [-0.15, -0.1) is 0 Å². The van der Waals surface area contributed by atoms with Crippen molar-refractivity contribution in [2.45, 2.75) is 36.2 Å². The molecule has 0 amide bonds. The van der Waals surface area contributed by atoms with Crippen molar-refractivity contribution in [3.8, 4) is 5.75 Å². The van der Waals surface area contributed by atoms with Crippen molar-refractivity contribution >= 4 is 15.4 Å². The van der Waals surface area contributed by atoms with E-state index in [1.807, 2.05) is 30.3 Å². The zero-order valence-corrected chi connectivity index (χ0v) is 16.7. The molecule has 1 saturated heterocycles. The van der Waals surface area contributed by atoms with E-state index < -0.39 is 9.84 Å². The standard InChI is InChI=1S/C23H25NO3S/c25-28(26,16-17-5-6-17)19-9-7-18(8-10-19)21-15-23(11-13-24-14-12-23)27-22-4-2-1-3-20(21)22/h1-4,7-10,15,17,24H,5-6,11-14,16H2. The van der Waals surface area contributed by atoms with Crippen molar-refractivity contribution in [3.05, 3.63) is 65.7 Å². The van der Waals surface area contributed by atoms with Crippen LogP contribution in [0.3, 0.4) is 0 Å². The summed E-state index contributed by atoms with van der Waals surface area (Å²) in [6, 6.07) is 15.6. The second-order valence-electron chi connectivity index (χ2n) is 8.22. The fourth-order valence-electron chi connectivity index (χ4n) is 4.24. The Balaban J connectivity index is 1.52. The first kappa shape index (κ1) is 18.0. The molecule has 0 bridgehead atoms. The lowest BCUT2D eigenvalue weighted by atomic mass is 9.83. The second kappa shape index (κ2) is 6.75. The number of sulfone groups is 1. The molecule has 0 unspecified atom stereocenters. The van der Waals surface area contributed by atoms with E-state index in [-0.39, 0.29) is 11.4 Å². The van der Waals surface area contributed by atoms with Gasteiger partial charge in [-0.05, 0) is 67.3 Å². The van der Waals surface area contributed by atoms with E-state index in [9.17, 15) is 8.42 Å². The van der Waals surface area contributed by atoms with Crippen LogP contribution in [0.15, 0.2) is 59.5 Å². The van der Waals surface area contributed by atoms with E-state index in [1.54, 1.807) is 12.1 Å². The van der Waals surface area contributed by atoms with E-state index >= 15 is 0 Å². The molecule has 0 aromatic heterocycles. The summed E-state index contributed by atoms with van der Waals surface area (Å²) >= 11 is 0. The van der Waals surface area contributed by atoms with Gasteiger partial charge in [0, 0.05) is 18.4 Å². The van der Waals surface area contributed by atoms with Gasteiger partial charge in [-0.1, -0.05) is 30.3 Å². The van der Waals surface area contributed by atoms with Gasteiger partial charge < -0.3 is 10.1 Å². The van der Waals surface area contributed by atoms with Gasteiger partial charge in [-0.3, -0.25) is 0 Å². The molecule has 1 saturated carbocycles. The average Bonchev–Trinajstić information content (AvgIpc) is 3.51. The zero-order chi connectivity index (χ0) is 19.2. The molecule has 1 N–H and O–H groups in total. The van der Waals surface area contributed by atoms with Crippen LogP contribution in [0.2, 0.25) is 0 Å². The molecule has 2 aromatic carbocycles. The number of rotatable bonds is 4. The highest BCUT2D eigenvalue weighted by atomic mass is 32.2. The molecule has 1 aliphatic carbocycles. The van der Waals surface area contributed by atoms with Crippen LogP contribution in [-0.2, 0) is 9.84 Å². The van der Waals surface area contributed by atoms with Gasteiger partial charge in [0.25, 0.3) is 0 Å². The molecule has 4 nitrogen and oxygen atoms in total. The Kier molecular flexibility index (Phi) is 4.33. The van der Waals surface area contributed by atoms with Gasteiger partial charge in [0.1, 0.15) is 11.4 Å². The van der Waals surface area contributed by atoms with Crippen LogP contribution in [0.1, 0.15) is 36.8 Å². The topological polar surface area (TPSA) is 55.4 Å². The maximum Gasteiger partial charge on any atom is 0.178 e. The Morgan fingerprint density at radius 2 is 1.71 bits per heavy atom. The monoisotopic (exact) mass is 395 g/mol. The minimum absolute atomic E-state index is 0.280. The maximum absolute atomic E-state index is 12.6. The zero-order valence-electron chi connectivity index (χ0n) is 15.9. The first-order valence-electron chi connectivity index (χ1n) is 10.1. The normalized spacial score (nSPS) is 20.9. The van der Waals surface area contributed by atoms with Crippen molar-refractivity contribution in [2.24, 2.45) is 5.92 Å². The number of ether oxygens (including phenoxy) is 1. The highest BCUT2D eigenvalue weighted by molar-refractivity contribution is 7.91. The molecule has 0 atom stereocenters. The van der Waals surface area contributed by atoms with E-state index in [1.165, 1.54) is 0 Å². The van der Waals surface area contributed by atoms with Crippen LogP contribution >= 0.6 is 0 Å². The first-order chi connectivity index (χ1) is 13.5. The molecular formula is C23H25NO3S. The quantitative estimate of drug-likeness (QED) is 0.855. The van der Waals surface area contributed by atoms with Crippen molar-refractivity contribution in [2.75, 3.05) is 18.8 Å². The summed E-state index contributed by atoms with van der Waals surface area (Å²) in [5.41, 5.74) is 2.96. The molecule has 0 radical (unpaired) electrons. The van der Waals surface area contributed by atoms with E-state index in [2.05, 4.69) is 17.5 Å². The van der Waals surface area contributed by atoms with Crippen LogP contribution in [0.4, 0.5) is 0 Å². The summed E-state index contributed by atoms with van der Waals surface area (Å²) < 4.78 is 31.6. The van der Waals surface area contributed by atoms with Gasteiger partial charge in [0.05, 0.1) is 10.6 Å². The third-order valence-electron chi connectivity index (χ3n) is 6.02. The summed E-state index contributed by atoms with van der Waals surface area (Å²) in [7, 11) is -3.18. The molecular weight excluding hydrogens is 370 g/mol. The number of hydrogen-bond acceptors (Lipinski definition) is 4. The molecule has 5 heteroatoms. The largest absolute Gasteiger partial charge is 0.482 e. The van der Waals surface area contributed by atoms with Crippen LogP contribution in [0, 0.1) is 5.92 Å². The minimum Gasteiger partial charge on any atom is -0.482 e. The van der Waals surface area contributed by atoms with Gasteiger partial charge in [-0.2, -0.15) is 0 Å². The van der Waals surface area contributed by atoms with Crippen LogP contribution < -0.4 is 10.1 Å². The predicted molar refractivity (Wildman–Crippen MR) is 110 cm³/mol. The van der Waals surface area contributed by atoms with Gasteiger partial charge in [0.15, 0.2) is 9.84 Å². The number of fused-ring (bicyclic) bond motifs is 1. The third-order valence-corrected chi connectivity index (χ3v) is 7.92. The van der Waals surface area contributed by atoms with Crippen LogP contribution in [-0.4, -0.2) is 32.9 Å². The predicted octanol–water partition coefficient (Wildman–Crippen LogP) is 3.82. The second-order valence-corrected chi connectivity index (χ2v) is 10.3.